The van der Waals surface area contributed by atoms with Gasteiger partial charge in [-0.05, 0) is 47.1 Å². The molecule has 1 atom stereocenters. The predicted octanol–water partition coefficient (Wildman–Crippen LogP) is 1.79. The standard InChI is InChI=1S/C18H17BrOP.BrH/c1-3-18(2)17(19)14-21(20-18,15-10-6-4-7-11-15)16-12-8-5-9-13-16;/h3-14H,1H2,2H3;1H/q+1;/p-1. The van der Waals surface area contributed by atoms with Crippen LogP contribution in [0.5, 0.6) is 0 Å². The Bertz CT molecular complexity index is 645. The number of halogens is 2. The molecule has 114 valence electrons. The maximum absolute atomic E-state index is 6.62. The Morgan fingerprint density at radius 3 is 1.82 bits per heavy atom. The topological polar surface area (TPSA) is 9.23 Å². The lowest BCUT2D eigenvalue weighted by Crippen LogP contribution is -3.00. The fourth-order valence-electron chi connectivity index (χ4n) is 2.49. The number of benzene rings is 2. The fraction of sp³-hybridized carbons (Fsp3) is 0.111. The molecule has 0 aromatic heterocycles. The van der Waals surface area contributed by atoms with Crippen molar-refractivity contribution in [2.45, 2.75) is 12.5 Å². The third-order valence-corrected chi connectivity index (χ3v) is 8.56. The highest BCUT2D eigenvalue weighted by Gasteiger charge is 2.56. The summed E-state index contributed by atoms with van der Waals surface area (Å²) >= 11 is 3.68. The van der Waals surface area contributed by atoms with E-state index in [4.69, 9.17) is 4.52 Å². The van der Waals surface area contributed by atoms with E-state index in [1.165, 1.54) is 10.6 Å². The van der Waals surface area contributed by atoms with E-state index in [0.29, 0.717) is 0 Å². The Labute approximate surface area is 151 Å². The van der Waals surface area contributed by atoms with Crippen LogP contribution >= 0.6 is 23.4 Å². The van der Waals surface area contributed by atoms with Crippen molar-refractivity contribution < 1.29 is 21.5 Å². The third-order valence-electron chi connectivity index (χ3n) is 3.77. The molecule has 3 rings (SSSR count). The average Bonchev–Trinajstić information content (AvgIpc) is 2.83. The molecular formula is C18H17Br2OP. The summed E-state index contributed by atoms with van der Waals surface area (Å²) in [7, 11) is -2.03. The van der Waals surface area contributed by atoms with Gasteiger partial charge in [0.15, 0.2) is 5.60 Å². The van der Waals surface area contributed by atoms with E-state index in [2.05, 4.69) is 76.9 Å². The van der Waals surface area contributed by atoms with Gasteiger partial charge in [0.2, 0.25) is 7.49 Å². The summed E-state index contributed by atoms with van der Waals surface area (Å²) in [5.41, 5.74) is -0.473. The van der Waals surface area contributed by atoms with Crippen molar-refractivity contribution in [3.8, 4) is 0 Å². The highest BCUT2D eigenvalue weighted by Crippen LogP contribution is 2.68. The van der Waals surface area contributed by atoms with Crippen molar-refractivity contribution in [2.24, 2.45) is 0 Å². The first kappa shape index (κ1) is 17.6. The van der Waals surface area contributed by atoms with Gasteiger partial charge in [-0.2, -0.15) is 0 Å². The van der Waals surface area contributed by atoms with Crippen LogP contribution in [0.3, 0.4) is 0 Å². The summed E-state index contributed by atoms with van der Waals surface area (Å²) in [4.78, 5) is 0. The number of rotatable bonds is 3. The van der Waals surface area contributed by atoms with Crippen molar-refractivity contribution in [1.29, 1.82) is 0 Å². The van der Waals surface area contributed by atoms with Gasteiger partial charge in [-0.15, -0.1) is 0 Å². The van der Waals surface area contributed by atoms with Crippen LogP contribution in [0.4, 0.5) is 0 Å². The van der Waals surface area contributed by atoms with E-state index >= 15 is 0 Å². The Morgan fingerprint density at radius 2 is 1.45 bits per heavy atom. The summed E-state index contributed by atoms with van der Waals surface area (Å²) in [5, 5.41) is 2.44. The molecule has 2 aromatic rings. The first-order chi connectivity index (χ1) is 10.1. The van der Waals surface area contributed by atoms with E-state index < -0.39 is 13.1 Å². The van der Waals surface area contributed by atoms with Gasteiger partial charge in [0, 0.05) is 0 Å². The highest BCUT2D eigenvalue weighted by atomic mass is 79.9. The lowest BCUT2D eigenvalue weighted by atomic mass is 10.1. The fourth-order valence-corrected chi connectivity index (χ4v) is 7.16. The smallest absolute Gasteiger partial charge is 0.237 e. The molecule has 0 saturated carbocycles. The molecule has 4 heteroatoms. The maximum Gasteiger partial charge on any atom is 0.237 e. The minimum absolute atomic E-state index is 0. The summed E-state index contributed by atoms with van der Waals surface area (Å²) in [6.45, 7) is 5.99. The SMILES string of the molecule is C=CC1(C)O[P+](c2ccccc2)(c2ccccc2)C=C1Br.[Br-]. The Kier molecular flexibility index (Phi) is 5.45. The van der Waals surface area contributed by atoms with Crippen molar-refractivity contribution in [1.82, 2.24) is 0 Å². The van der Waals surface area contributed by atoms with Gasteiger partial charge in [-0.3, -0.25) is 0 Å². The molecule has 1 aliphatic heterocycles. The second-order valence-corrected chi connectivity index (χ2v) is 8.85. The molecule has 0 amide bonds. The van der Waals surface area contributed by atoms with Crippen molar-refractivity contribution in [3.05, 3.63) is 83.6 Å². The van der Waals surface area contributed by atoms with Crippen LogP contribution in [-0.4, -0.2) is 5.60 Å². The zero-order chi connectivity index (χ0) is 14.9. The molecule has 0 spiro atoms. The predicted molar refractivity (Wildman–Crippen MR) is 95.8 cm³/mol. The molecule has 0 bridgehead atoms. The van der Waals surface area contributed by atoms with Crippen LogP contribution in [0, 0.1) is 0 Å². The Balaban J connectivity index is 0.00000176. The molecule has 0 saturated heterocycles. The van der Waals surface area contributed by atoms with E-state index in [9.17, 15) is 0 Å². The molecule has 0 N–H and O–H groups in total. The highest BCUT2D eigenvalue weighted by molar-refractivity contribution is 9.11. The van der Waals surface area contributed by atoms with E-state index in [1.54, 1.807) is 0 Å². The lowest BCUT2D eigenvalue weighted by molar-refractivity contribution is -0.00000580. The summed E-state index contributed by atoms with van der Waals surface area (Å²) in [5.74, 6) is 2.25. The van der Waals surface area contributed by atoms with Crippen molar-refractivity contribution in [2.75, 3.05) is 0 Å². The quantitative estimate of drug-likeness (QED) is 0.523. The third kappa shape index (κ3) is 2.88. The minimum atomic E-state index is -2.03. The van der Waals surface area contributed by atoms with Crippen LogP contribution in [-0.2, 0) is 4.52 Å². The van der Waals surface area contributed by atoms with Crippen LogP contribution in [0.25, 0.3) is 0 Å². The first-order valence-corrected chi connectivity index (χ1v) is 9.41. The molecule has 2 aromatic carbocycles. The molecule has 1 unspecified atom stereocenters. The zero-order valence-electron chi connectivity index (χ0n) is 12.2. The lowest BCUT2D eigenvalue weighted by Gasteiger charge is -2.24. The van der Waals surface area contributed by atoms with Crippen LogP contribution < -0.4 is 27.6 Å². The maximum atomic E-state index is 6.62. The van der Waals surface area contributed by atoms with E-state index in [-0.39, 0.29) is 17.0 Å². The van der Waals surface area contributed by atoms with Crippen LogP contribution in [0.1, 0.15) is 6.92 Å². The van der Waals surface area contributed by atoms with Gasteiger partial charge in [-0.25, -0.2) is 4.52 Å². The number of hydrogen-bond acceptors (Lipinski definition) is 1. The van der Waals surface area contributed by atoms with E-state index in [1.807, 2.05) is 25.1 Å². The monoisotopic (exact) mass is 438 g/mol. The van der Waals surface area contributed by atoms with Gasteiger partial charge in [0.25, 0.3) is 0 Å². The van der Waals surface area contributed by atoms with Crippen LogP contribution in [0.15, 0.2) is 83.6 Å². The second kappa shape index (κ2) is 6.80. The summed E-state index contributed by atoms with van der Waals surface area (Å²) in [6.07, 6.45) is 1.86. The van der Waals surface area contributed by atoms with Crippen molar-refractivity contribution in [3.63, 3.8) is 0 Å². The molecule has 0 aliphatic carbocycles. The molecule has 0 fully saturated rings. The van der Waals surface area contributed by atoms with Gasteiger partial charge in [0.05, 0.1) is 4.48 Å². The second-order valence-electron chi connectivity index (χ2n) is 5.21. The molecule has 0 radical (unpaired) electrons. The zero-order valence-corrected chi connectivity index (χ0v) is 16.3. The summed E-state index contributed by atoms with van der Waals surface area (Å²) < 4.78 is 7.67. The summed E-state index contributed by atoms with van der Waals surface area (Å²) in [6, 6.07) is 20.9. The van der Waals surface area contributed by atoms with Gasteiger partial charge in [-0.1, -0.05) is 49.1 Å². The minimum Gasteiger partial charge on any atom is -1.00 e. The first-order valence-electron chi connectivity index (χ1n) is 6.84. The largest absolute Gasteiger partial charge is 1.00 e. The number of hydrogen-bond donors (Lipinski definition) is 0. The molecule has 1 heterocycles. The molecular weight excluding hydrogens is 423 g/mol. The van der Waals surface area contributed by atoms with Gasteiger partial charge >= 0.3 is 0 Å². The Hall–Kier alpha value is -0.730. The molecule has 22 heavy (non-hydrogen) atoms. The van der Waals surface area contributed by atoms with Crippen LogP contribution in [0.2, 0.25) is 0 Å². The van der Waals surface area contributed by atoms with E-state index in [0.717, 1.165) is 4.48 Å². The normalized spacial score (nSPS) is 22.5. The Morgan fingerprint density at radius 1 is 1.00 bits per heavy atom. The van der Waals surface area contributed by atoms with Gasteiger partial charge in [0.1, 0.15) is 16.4 Å². The molecule has 1 aliphatic rings. The average molecular weight is 440 g/mol. The van der Waals surface area contributed by atoms with Crippen molar-refractivity contribution >= 4 is 34.0 Å². The molecule has 1 nitrogen and oxygen atoms in total. The van der Waals surface area contributed by atoms with Gasteiger partial charge < -0.3 is 17.0 Å².